The molecule has 1 unspecified atom stereocenters. The van der Waals surface area contributed by atoms with E-state index in [2.05, 4.69) is 5.32 Å². The fraction of sp³-hybridized carbons (Fsp3) is 0.471. The van der Waals surface area contributed by atoms with Gasteiger partial charge in [0.15, 0.2) is 0 Å². The summed E-state index contributed by atoms with van der Waals surface area (Å²) in [5.41, 5.74) is 0. The lowest BCUT2D eigenvalue weighted by atomic mass is 10.2. The van der Waals surface area contributed by atoms with Gasteiger partial charge in [-0.15, -0.1) is 11.3 Å². The molecule has 2 heterocycles. The first-order valence-corrected chi connectivity index (χ1v) is 9.09. The Labute approximate surface area is 144 Å². The quantitative estimate of drug-likeness (QED) is 0.769. The number of halogens is 1. The molecule has 1 aliphatic rings. The normalized spacial score (nSPS) is 17.7. The Bertz CT molecular complexity index is 667. The predicted octanol–water partition coefficient (Wildman–Crippen LogP) is 3.87. The zero-order valence-corrected chi connectivity index (χ0v) is 14.4. The van der Waals surface area contributed by atoms with Gasteiger partial charge in [0, 0.05) is 29.8 Å². The standard InChI is InChI=1S/C17H20ClNO3S/c18-15-13-6-1-2-7-14(13)23-16(15)17(20)19-8-4-9-21-11-12-5-3-10-22-12/h1-2,6-7,12H,3-5,8-11H2,(H,19,20). The van der Waals surface area contributed by atoms with E-state index >= 15 is 0 Å². The first kappa shape index (κ1) is 16.7. The van der Waals surface area contributed by atoms with Crippen LogP contribution in [-0.2, 0) is 9.47 Å². The molecule has 1 N–H and O–H groups in total. The van der Waals surface area contributed by atoms with Crippen molar-refractivity contribution in [2.24, 2.45) is 0 Å². The first-order chi connectivity index (χ1) is 11.3. The van der Waals surface area contributed by atoms with Crippen molar-refractivity contribution < 1.29 is 14.3 Å². The van der Waals surface area contributed by atoms with Crippen molar-refractivity contribution in [1.29, 1.82) is 0 Å². The second kappa shape index (κ2) is 8.11. The van der Waals surface area contributed by atoms with E-state index in [4.69, 9.17) is 21.1 Å². The molecule has 0 bridgehead atoms. The number of ether oxygens (including phenoxy) is 2. The highest BCUT2D eigenvalue weighted by Crippen LogP contribution is 2.34. The minimum Gasteiger partial charge on any atom is -0.379 e. The molecule has 4 nitrogen and oxygen atoms in total. The van der Waals surface area contributed by atoms with Crippen molar-refractivity contribution in [2.45, 2.75) is 25.4 Å². The highest BCUT2D eigenvalue weighted by atomic mass is 35.5. The maximum Gasteiger partial charge on any atom is 0.262 e. The summed E-state index contributed by atoms with van der Waals surface area (Å²) in [6.07, 6.45) is 3.24. The lowest BCUT2D eigenvalue weighted by molar-refractivity contribution is 0.0166. The van der Waals surface area contributed by atoms with Gasteiger partial charge in [-0.2, -0.15) is 0 Å². The van der Waals surface area contributed by atoms with Crippen LogP contribution in [0.15, 0.2) is 24.3 Å². The Hall–Kier alpha value is -1.14. The number of carbonyl (C=O) groups is 1. The van der Waals surface area contributed by atoms with Crippen LogP contribution in [0.2, 0.25) is 5.02 Å². The maximum absolute atomic E-state index is 12.2. The van der Waals surface area contributed by atoms with Crippen LogP contribution in [0.5, 0.6) is 0 Å². The van der Waals surface area contributed by atoms with Crippen LogP contribution in [-0.4, -0.2) is 38.4 Å². The van der Waals surface area contributed by atoms with Crippen molar-refractivity contribution in [2.75, 3.05) is 26.4 Å². The Morgan fingerprint density at radius 2 is 2.30 bits per heavy atom. The molecule has 0 radical (unpaired) electrons. The third kappa shape index (κ3) is 4.23. The molecule has 1 aromatic carbocycles. The molecule has 6 heteroatoms. The minimum atomic E-state index is -0.115. The summed E-state index contributed by atoms with van der Waals surface area (Å²) in [4.78, 5) is 12.8. The summed E-state index contributed by atoms with van der Waals surface area (Å²) in [6.45, 7) is 2.70. The van der Waals surface area contributed by atoms with Gasteiger partial charge < -0.3 is 14.8 Å². The zero-order valence-electron chi connectivity index (χ0n) is 12.8. The molecule has 2 aromatic rings. The molecule has 0 saturated carbocycles. The van der Waals surface area contributed by atoms with E-state index in [0.717, 1.165) is 36.0 Å². The number of thiophene rings is 1. The minimum absolute atomic E-state index is 0.115. The number of fused-ring (bicyclic) bond motifs is 1. The number of hydrogen-bond acceptors (Lipinski definition) is 4. The lowest BCUT2D eigenvalue weighted by Gasteiger charge is -2.10. The topological polar surface area (TPSA) is 47.6 Å². The van der Waals surface area contributed by atoms with Crippen molar-refractivity contribution in [3.8, 4) is 0 Å². The molecular weight excluding hydrogens is 334 g/mol. The van der Waals surface area contributed by atoms with Crippen LogP contribution in [0.3, 0.4) is 0 Å². The van der Waals surface area contributed by atoms with Crippen LogP contribution in [0, 0.1) is 0 Å². The first-order valence-electron chi connectivity index (χ1n) is 7.90. The van der Waals surface area contributed by atoms with Gasteiger partial charge in [-0.25, -0.2) is 0 Å². The van der Waals surface area contributed by atoms with Gasteiger partial charge in [0.05, 0.1) is 17.7 Å². The monoisotopic (exact) mass is 353 g/mol. The number of nitrogens with one attached hydrogen (secondary N) is 1. The highest BCUT2D eigenvalue weighted by Gasteiger charge is 2.17. The number of hydrogen-bond donors (Lipinski definition) is 1. The van der Waals surface area contributed by atoms with E-state index in [1.165, 1.54) is 11.3 Å². The van der Waals surface area contributed by atoms with Gasteiger partial charge in [-0.1, -0.05) is 29.8 Å². The van der Waals surface area contributed by atoms with Crippen molar-refractivity contribution in [1.82, 2.24) is 5.32 Å². The average Bonchev–Trinajstić information content (AvgIpc) is 3.19. The highest BCUT2D eigenvalue weighted by molar-refractivity contribution is 7.21. The number of carbonyl (C=O) groups excluding carboxylic acids is 1. The summed E-state index contributed by atoms with van der Waals surface area (Å²) >= 11 is 7.72. The third-order valence-electron chi connectivity index (χ3n) is 3.82. The second-order valence-electron chi connectivity index (χ2n) is 5.56. The fourth-order valence-electron chi connectivity index (χ4n) is 2.61. The molecule has 1 amide bonds. The molecule has 1 aromatic heterocycles. The van der Waals surface area contributed by atoms with Gasteiger partial charge in [0.2, 0.25) is 0 Å². The molecule has 0 spiro atoms. The largest absolute Gasteiger partial charge is 0.379 e. The number of amides is 1. The van der Waals surface area contributed by atoms with Crippen LogP contribution in [0.1, 0.15) is 28.9 Å². The Balaban J connectivity index is 1.41. The van der Waals surface area contributed by atoms with E-state index in [0.29, 0.717) is 29.7 Å². The molecule has 0 aliphatic carbocycles. The summed E-state index contributed by atoms with van der Waals surface area (Å²) < 4.78 is 12.1. The van der Waals surface area contributed by atoms with Crippen LogP contribution < -0.4 is 5.32 Å². The lowest BCUT2D eigenvalue weighted by Crippen LogP contribution is -2.25. The second-order valence-corrected chi connectivity index (χ2v) is 6.99. The predicted molar refractivity (Wildman–Crippen MR) is 93.6 cm³/mol. The summed E-state index contributed by atoms with van der Waals surface area (Å²) in [5, 5.41) is 4.38. The number of benzene rings is 1. The van der Waals surface area contributed by atoms with Crippen molar-refractivity contribution in [3.05, 3.63) is 34.2 Å². The van der Waals surface area contributed by atoms with E-state index < -0.39 is 0 Å². The van der Waals surface area contributed by atoms with E-state index in [-0.39, 0.29) is 12.0 Å². The molecular formula is C17H20ClNO3S. The van der Waals surface area contributed by atoms with E-state index in [1.807, 2.05) is 24.3 Å². The van der Waals surface area contributed by atoms with Gasteiger partial charge >= 0.3 is 0 Å². The van der Waals surface area contributed by atoms with Crippen LogP contribution >= 0.6 is 22.9 Å². The zero-order chi connectivity index (χ0) is 16.1. The summed E-state index contributed by atoms with van der Waals surface area (Å²) in [5.74, 6) is -0.115. The Morgan fingerprint density at radius 3 is 3.09 bits per heavy atom. The summed E-state index contributed by atoms with van der Waals surface area (Å²) in [6, 6.07) is 7.78. The van der Waals surface area contributed by atoms with Crippen LogP contribution in [0.25, 0.3) is 10.1 Å². The average molecular weight is 354 g/mol. The number of rotatable bonds is 7. The fourth-order valence-corrected chi connectivity index (χ4v) is 4.04. The van der Waals surface area contributed by atoms with Gasteiger partial charge in [-0.3, -0.25) is 4.79 Å². The molecule has 124 valence electrons. The van der Waals surface area contributed by atoms with E-state index in [1.54, 1.807) is 0 Å². The van der Waals surface area contributed by atoms with Gasteiger partial charge in [-0.05, 0) is 25.3 Å². The Kier molecular flexibility index (Phi) is 5.89. The summed E-state index contributed by atoms with van der Waals surface area (Å²) in [7, 11) is 0. The van der Waals surface area contributed by atoms with Crippen LogP contribution in [0.4, 0.5) is 0 Å². The van der Waals surface area contributed by atoms with Crippen molar-refractivity contribution >= 4 is 38.9 Å². The van der Waals surface area contributed by atoms with Gasteiger partial charge in [0.25, 0.3) is 5.91 Å². The smallest absolute Gasteiger partial charge is 0.262 e. The molecule has 1 aliphatic heterocycles. The Morgan fingerprint density at radius 1 is 1.43 bits per heavy atom. The third-order valence-corrected chi connectivity index (χ3v) is 5.49. The van der Waals surface area contributed by atoms with E-state index in [9.17, 15) is 4.79 Å². The van der Waals surface area contributed by atoms with Gasteiger partial charge in [0.1, 0.15) is 4.88 Å². The molecule has 1 atom stereocenters. The molecule has 1 saturated heterocycles. The molecule has 1 fully saturated rings. The maximum atomic E-state index is 12.2. The molecule has 23 heavy (non-hydrogen) atoms. The SMILES string of the molecule is O=C(NCCCOCC1CCCO1)c1sc2ccccc2c1Cl. The van der Waals surface area contributed by atoms with Crippen molar-refractivity contribution in [3.63, 3.8) is 0 Å². The molecule has 3 rings (SSSR count).